The smallest absolute Gasteiger partial charge is 0.272 e. The third kappa shape index (κ3) is 3.57. The summed E-state index contributed by atoms with van der Waals surface area (Å²) in [6, 6.07) is 3.63. The molecular formula is C14H19N5O. The summed E-state index contributed by atoms with van der Waals surface area (Å²) in [6.07, 6.45) is 6.08. The van der Waals surface area contributed by atoms with E-state index in [9.17, 15) is 4.79 Å². The molecule has 0 unspecified atom stereocenters. The maximum atomic E-state index is 12.3. The topological polar surface area (TPSA) is 73.9 Å². The molecule has 20 heavy (non-hydrogen) atoms. The molecule has 0 atom stereocenters. The van der Waals surface area contributed by atoms with Crippen molar-refractivity contribution in [3.8, 4) is 0 Å². The van der Waals surface area contributed by atoms with Gasteiger partial charge >= 0.3 is 0 Å². The quantitative estimate of drug-likeness (QED) is 0.843. The molecule has 0 aliphatic carbocycles. The number of rotatable bonds is 6. The summed E-state index contributed by atoms with van der Waals surface area (Å²) in [5, 5.41) is 3.24. The van der Waals surface area contributed by atoms with E-state index in [1.807, 2.05) is 6.07 Å². The van der Waals surface area contributed by atoms with Crippen molar-refractivity contribution in [2.45, 2.75) is 19.9 Å². The van der Waals surface area contributed by atoms with Gasteiger partial charge in [0.25, 0.3) is 5.91 Å². The number of H-pyrrole nitrogens is 1. The molecule has 0 bridgehead atoms. The van der Waals surface area contributed by atoms with Crippen molar-refractivity contribution < 1.29 is 4.79 Å². The van der Waals surface area contributed by atoms with Crippen LogP contribution in [0.3, 0.4) is 0 Å². The van der Waals surface area contributed by atoms with Gasteiger partial charge in [-0.15, -0.1) is 0 Å². The van der Waals surface area contributed by atoms with Gasteiger partial charge in [0.2, 0.25) is 0 Å². The predicted octanol–water partition coefficient (Wildman–Crippen LogP) is 1.90. The van der Waals surface area contributed by atoms with Gasteiger partial charge in [0, 0.05) is 37.9 Å². The Morgan fingerprint density at radius 2 is 2.25 bits per heavy atom. The summed E-state index contributed by atoms with van der Waals surface area (Å²) in [5.74, 6) is 0.627. The Morgan fingerprint density at radius 3 is 2.95 bits per heavy atom. The Labute approximate surface area is 118 Å². The molecule has 0 radical (unpaired) electrons. The van der Waals surface area contributed by atoms with Gasteiger partial charge in [-0.25, -0.2) is 4.98 Å². The summed E-state index contributed by atoms with van der Waals surface area (Å²) < 4.78 is 0. The molecule has 6 heteroatoms. The van der Waals surface area contributed by atoms with Crippen molar-refractivity contribution in [2.75, 3.05) is 18.9 Å². The number of aromatic nitrogens is 3. The van der Waals surface area contributed by atoms with Crippen molar-refractivity contribution in [3.63, 3.8) is 0 Å². The summed E-state index contributed by atoms with van der Waals surface area (Å²) in [7, 11) is 1.73. The average molecular weight is 273 g/mol. The molecule has 0 aliphatic heterocycles. The van der Waals surface area contributed by atoms with E-state index in [2.05, 4.69) is 27.2 Å². The fourth-order valence-corrected chi connectivity index (χ4v) is 1.80. The fraction of sp³-hybridized carbons (Fsp3) is 0.357. The molecule has 6 nitrogen and oxygen atoms in total. The maximum Gasteiger partial charge on any atom is 0.272 e. The van der Waals surface area contributed by atoms with Crippen LogP contribution in [0.15, 0.2) is 30.7 Å². The van der Waals surface area contributed by atoms with Crippen LogP contribution in [0.25, 0.3) is 0 Å². The molecule has 0 fully saturated rings. The molecule has 0 aliphatic rings. The first-order valence-electron chi connectivity index (χ1n) is 6.64. The van der Waals surface area contributed by atoms with Crippen molar-refractivity contribution in [1.82, 2.24) is 19.9 Å². The van der Waals surface area contributed by atoms with Gasteiger partial charge in [-0.3, -0.25) is 9.78 Å². The van der Waals surface area contributed by atoms with Gasteiger partial charge < -0.3 is 15.2 Å². The van der Waals surface area contributed by atoms with Crippen molar-refractivity contribution in [1.29, 1.82) is 0 Å². The van der Waals surface area contributed by atoms with Crippen molar-refractivity contribution >= 4 is 11.6 Å². The minimum absolute atomic E-state index is 0.124. The summed E-state index contributed by atoms with van der Waals surface area (Å²) in [4.78, 5) is 25.1. The number of hydrogen-bond acceptors (Lipinski definition) is 4. The van der Waals surface area contributed by atoms with Crippen LogP contribution in [-0.2, 0) is 6.54 Å². The van der Waals surface area contributed by atoms with E-state index in [-0.39, 0.29) is 5.91 Å². The molecule has 106 valence electrons. The second-order valence-electron chi connectivity index (χ2n) is 4.55. The fourth-order valence-electron chi connectivity index (χ4n) is 1.80. The molecule has 0 spiro atoms. The van der Waals surface area contributed by atoms with Crippen LogP contribution in [0.1, 0.15) is 29.7 Å². The van der Waals surface area contributed by atoms with Gasteiger partial charge in [0.1, 0.15) is 11.5 Å². The monoisotopic (exact) mass is 273 g/mol. The highest BCUT2D eigenvalue weighted by Crippen LogP contribution is 2.10. The Bertz CT molecular complexity index is 552. The third-order valence-corrected chi connectivity index (χ3v) is 2.85. The Kier molecular flexibility index (Phi) is 4.70. The minimum atomic E-state index is -0.124. The van der Waals surface area contributed by atoms with E-state index in [0.29, 0.717) is 12.2 Å². The molecule has 2 aromatic rings. The van der Waals surface area contributed by atoms with E-state index in [1.165, 1.54) is 0 Å². The molecule has 0 saturated carbocycles. The first-order valence-corrected chi connectivity index (χ1v) is 6.64. The van der Waals surface area contributed by atoms with Crippen LogP contribution in [0.5, 0.6) is 0 Å². The van der Waals surface area contributed by atoms with E-state index in [4.69, 9.17) is 0 Å². The summed E-state index contributed by atoms with van der Waals surface area (Å²) in [5.41, 5.74) is 1.34. The number of carbonyl (C=O) groups excluding carboxylic acids is 1. The van der Waals surface area contributed by atoms with Crippen LogP contribution >= 0.6 is 0 Å². The third-order valence-electron chi connectivity index (χ3n) is 2.85. The van der Waals surface area contributed by atoms with Crippen LogP contribution in [0.2, 0.25) is 0 Å². The zero-order valence-corrected chi connectivity index (χ0v) is 11.8. The predicted molar refractivity (Wildman–Crippen MR) is 77.4 cm³/mol. The van der Waals surface area contributed by atoms with Crippen LogP contribution in [-0.4, -0.2) is 39.4 Å². The van der Waals surface area contributed by atoms with Crippen LogP contribution in [0, 0.1) is 0 Å². The van der Waals surface area contributed by atoms with Crippen molar-refractivity contribution in [2.24, 2.45) is 0 Å². The number of hydrogen-bond donors (Lipinski definition) is 2. The zero-order chi connectivity index (χ0) is 14.4. The first kappa shape index (κ1) is 14.0. The van der Waals surface area contributed by atoms with E-state index < -0.39 is 0 Å². The average Bonchev–Trinajstić information content (AvgIpc) is 2.97. The maximum absolute atomic E-state index is 12.3. The Morgan fingerprint density at radius 1 is 1.40 bits per heavy atom. The second-order valence-corrected chi connectivity index (χ2v) is 4.55. The largest absolute Gasteiger partial charge is 0.385 e. The normalized spacial score (nSPS) is 10.3. The van der Waals surface area contributed by atoms with Crippen LogP contribution in [0.4, 0.5) is 5.69 Å². The van der Waals surface area contributed by atoms with E-state index in [0.717, 1.165) is 24.5 Å². The number of anilines is 1. The number of carbonyl (C=O) groups is 1. The molecule has 0 saturated heterocycles. The van der Waals surface area contributed by atoms with Gasteiger partial charge in [-0.2, -0.15) is 0 Å². The minimum Gasteiger partial charge on any atom is -0.385 e. The highest BCUT2D eigenvalue weighted by molar-refractivity contribution is 5.92. The lowest BCUT2D eigenvalue weighted by molar-refractivity contribution is 0.0776. The van der Waals surface area contributed by atoms with Crippen molar-refractivity contribution in [3.05, 3.63) is 42.2 Å². The lowest BCUT2D eigenvalue weighted by Crippen LogP contribution is -2.27. The SMILES string of the molecule is CCCNc1ccnc(C(=O)N(C)Cc2ncc[nH]2)c1. The molecule has 1 amide bonds. The molecular weight excluding hydrogens is 254 g/mol. The van der Waals surface area contributed by atoms with E-state index >= 15 is 0 Å². The Balaban J connectivity index is 2.04. The number of amides is 1. The van der Waals surface area contributed by atoms with Gasteiger partial charge in [0.05, 0.1) is 6.54 Å². The molecule has 2 aromatic heterocycles. The molecule has 2 heterocycles. The number of imidazole rings is 1. The zero-order valence-electron chi connectivity index (χ0n) is 11.8. The Hall–Kier alpha value is -2.37. The highest BCUT2D eigenvalue weighted by Gasteiger charge is 2.14. The van der Waals surface area contributed by atoms with Gasteiger partial charge in [-0.1, -0.05) is 6.92 Å². The lowest BCUT2D eigenvalue weighted by Gasteiger charge is -2.15. The van der Waals surface area contributed by atoms with Gasteiger partial charge in [-0.05, 0) is 18.6 Å². The van der Waals surface area contributed by atoms with Gasteiger partial charge in [0.15, 0.2) is 0 Å². The molecule has 2 rings (SSSR count). The van der Waals surface area contributed by atoms with E-state index in [1.54, 1.807) is 36.6 Å². The second kappa shape index (κ2) is 6.70. The lowest BCUT2D eigenvalue weighted by atomic mass is 10.2. The highest BCUT2D eigenvalue weighted by atomic mass is 16.2. The molecule has 2 N–H and O–H groups in total. The standard InChI is InChI=1S/C14H19N5O/c1-3-5-15-11-4-6-16-12(9-11)14(20)19(2)10-13-17-7-8-18-13/h4,6-9H,3,5,10H2,1-2H3,(H,15,16)(H,17,18). The summed E-state index contributed by atoms with van der Waals surface area (Å²) in [6.45, 7) is 3.40. The number of nitrogens with one attached hydrogen (secondary N) is 2. The van der Waals surface area contributed by atoms with Crippen LogP contribution < -0.4 is 5.32 Å². The number of pyridine rings is 1. The molecule has 0 aromatic carbocycles. The number of aromatic amines is 1. The number of nitrogens with zero attached hydrogens (tertiary/aromatic N) is 3. The summed E-state index contributed by atoms with van der Waals surface area (Å²) >= 11 is 0. The first-order chi connectivity index (χ1) is 9.70.